The highest BCUT2D eigenvalue weighted by molar-refractivity contribution is 6.49. The van der Waals surface area contributed by atoms with E-state index in [9.17, 15) is 0 Å². The summed E-state index contributed by atoms with van der Waals surface area (Å²) in [6, 6.07) is 9.76. The molecule has 1 nitrogen and oxygen atoms in total. The number of nitriles is 1. The smallest absolute Gasteiger partial charge is 0.0927 e. The molecule has 1 rings (SSSR count). The van der Waals surface area contributed by atoms with E-state index in [0.29, 0.717) is 5.03 Å². The van der Waals surface area contributed by atoms with Crippen LogP contribution in [0.5, 0.6) is 0 Å². The Balaban J connectivity index is 3.15. The summed E-state index contributed by atoms with van der Waals surface area (Å²) in [5, 5.41) is 8.96. The molecule has 0 saturated carbocycles. The molecule has 0 radical (unpaired) electrons. The van der Waals surface area contributed by atoms with Crippen molar-refractivity contribution in [1.29, 1.82) is 5.26 Å². The molecule has 1 aromatic carbocycles. The lowest BCUT2D eigenvalue weighted by Gasteiger charge is -2.04. The van der Waals surface area contributed by atoms with E-state index in [1.54, 1.807) is 0 Å². The van der Waals surface area contributed by atoms with Crippen LogP contribution in [0.25, 0.3) is 5.03 Å². The van der Waals surface area contributed by atoms with Crippen LogP contribution in [0.15, 0.2) is 30.3 Å². The van der Waals surface area contributed by atoms with Crippen LogP contribution >= 0.6 is 11.6 Å². The molecule has 0 unspecified atom stereocenters. The first kappa shape index (κ1) is 9.83. The molecule has 0 aliphatic rings. The third-order valence-corrected chi connectivity index (χ3v) is 2.16. The van der Waals surface area contributed by atoms with Crippen molar-refractivity contribution in [3.8, 4) is 6.07 Å². The van der Waals surface area contributed by atoms with Crippen LogP contribution in [0.2, 0.25) is 0 Å². The Morgan fingerprint density at radius 1 is 1.54 bits per heavy atom. The van der Waals surface area contributed by atoms with E-state index in [1.807, 2.05) is 30.3 Å². The zero-order chi connectivity index (χ0) is 9.68. The molecule has 0 fully saturated rings. The Morgan fingerprint density at radius 2 is 2.23 bits per heavy atom. The van der Waals surface area contributed by atoms with Gasteiger partial charge in [0.15, 0.2) is 0 Å². The number of hydrogen-bond acceptors (Lipinski definition) is 1. The monoisotopic (exact) mass is 191 g/mol. The van der Waals surface area contributed by atoms with Crippen molar-refractivity contribution < 1.29 is 0 Å². The van der Waals surface area contributed by atoms with Crippen LogP contribution in [0.1, 0.15) is 18.1 Å². The fraction of sp³-hybridized carbons (Fsp3) is 0.182. The maximum Gasteiger partial charge on any atom is 0.0927 e. The predicted octanol–water partition coefficient (Wildman–Crippen LogP) is 3.35. The van der Waals surface area contributed by atoms with Crippen molar-refractivity contribution in [2.75, 3.05) is 0 Å². The minimum atomic E-state index is 0.514. The highest BCUT2D eigenvalue weighted by atomic mass is 35.5. The number of halogens is 1. The molecule has 66 valence electrons. The molecule has 0 spiro atoms. The summed E-state index contributed by atoms with van der Waals surface area (Å²) < 4.78 is 0. The highest BCUT2D eigenvalue weighted by Crippen LogP contribution is 2.22. The number of aryl methyl sites for hydroxylation is 1. The predicted molar refractivity (Wildman–Crippen MR) is 55.3 cm³/mol. The molecule has 0 N–H and O–H groups in total. The first-order valence-electron chi connectivity index (χ1n) is 4.13. The highest BCUT2D eigenvalue weighted by Gasteiger charge is 2.02. The van der Waals surface area contributed by atoms with Gasteiger partial charge in [0, 0.05) is 6.08 Å². The zero-order valence-corrected chi connectivity index (χ0v) is 8.17. The molecule has 0 amide bonds. The first-order valence-corrected chi connectivity index (χ1v) is 4.51. The lowest BCUT2D eigenvalue weighted by Crippen LogP contribution is -1.87. The lowest BCUT2D eigenvalue weighted by molar-refractivity contribution is 1.13. The van der Waals surface area contributed by atoms with Crippen LogP contribution in [0.3, 0.4) is 0 Å². The number of benzene rings is 1. The summed E-state index contributed by atoms with van der Waals surface area (Å²) in [5.74, 6) is 0. The van der Waals surface area contributed by atoms with E-state index < -0.39 is 0 Å². The van der Waals surface area contributed by atoms with Gasteiger partial charge in [-0.1, -0.05) is 42.8 Å². The standard InChI is InChI=1S/C11H10ClN/c1-2-9-5-3-4-6-10(9)11(12)7-8-13/h3-7H,2H2,1H3/b11-7-. The normalized spacial score (nSPS) is 11.0. The fourth-order valence-electron chi connectivity index (χ4n) is 1.20. The van der Waals surface area contributed by atoms with Crippen molar-refractivity contribution in [2.24, 2.45) is 0 Å². The number of rotatable bonds is 2. The van der Waals surface area contributed by atoms with Gasteiger partial charge in [-0.25, -0.2) is 0 Å². The minimum absolute atomic E-state index is 0.514. The van der Waals surface area contributed by atoms with Gasteiger partial charge in [0.1, 0.15) is 0 Å². The van der Waals surface area contributed by atoms with Gasteiger partial charge in [0.2, 0.25) is 0 Å². The van der Waals surface area contributed by atoms with Crippen molar-refractivity contribution in [3.63, 3.8) is 0 Å². The summed E-state index contributed by atoms with van der Waals surface area (Å²) in [6.07, 6.45) is 2.28. The van der Waals surface area contributed by atoms with E-state index in [2.05, 4.69) is 6.92 Å². The molecule has 0 aromatic heterocycles. The van der Waals surface area contributed by atoms with Gasteiger partial charge < -0.3 is 0 Å². The van der Waals surface area contributed by atoms with Crippen LogP contribution in [-0.2, 0) is 6.42 Å². The van der Waals surface area contributed by atoms with Crippen molar-refractivity contribution in [1.82, 2.24) is 0 Å². The molecular formula is C11H10ClN. The van der Waals surface area contributed by atoms with Gasteiger partial charge >= 0.3 is 0 Å². The molecule has 0 saturated heterocycles. The molecule has 0 aliphatic heterocycles. The summed E-state index contributed by atoms with van der Waals surface area (Å²) in [5.41, 5.74) is 2.12. The largest absolute Gasteiger partial charge is 0.193 e. The second-order valence-corrected chi connectivity index (χ2v) is 3.04. The second-order valence-electron chi connectivity index (χ2n) is 2.63. The Labute approximate surface area is 83.3 Å². The SMILES string of the molecule is CCc1ccccc1/C(Cl)=C/C#N. The van der Waals surface area contributed by atoms with Crippen molar-refractivity contribution in [3.05, 3.63) is 41.5 Å². The topological polar surface area (TPSA) is 23.8 Å². The third-order valence-electron chi connectivity index (χ3n) is 1.85. The molecule has 13 heavy (non-hydrogen) atoms. The molecule has 0 bridgehead atoms. The summed E-state index contributed by atoms with van der Waals surface area (Å²) in [7, 11) is 0. The number of allylic oxidation sites excluding steroid dienone is 1. The number of hydrogen-bond donors (Lipinski definition) is 0. The van der Waals surface area contributed by atoms with Crippen LogP contribution in [0.4, 0.5) is 0 Å². The maximum atomic E-state index is 8.45. The number of nitrogens with zero attached hydrogens (tertiary/aromatic N) is 1. The minimum Gasteiger partial charge on any atom is -0.193 e. The lowest BCUT2D eigenvalue weighted by atomic mass is 10.1. The quantitative estimate of drug-likeness (QED) is 0.658. The van der Waals surface area contributed by atoms with Gasteiger partial charge in [0.05, 0.1) is 11.1 Å². The van der Waals surface area contributed by atoms with Gasteiger partial charge in [-0.2, -0.15) is 5.26 Å². The maximum absolute atomic E-state index is 8.45. The second kappa shape index (κ2) is 4.69. The Kier molecular flexibility index (Phi) is 3.54. The van der Waals surface area contributed by atoms with Gasteiger partial charge in [-0.05, 0) is 17.5 Å². The molecule has 0 aliphatic carbocycles. The van der Waals surface area contributed by atoms with E-state index in [0.717, 1.165) is 12.0 Å². The third kappa shape index (κ3) is 2.34. The molecule has 0 heterocycles. The first-order chi connectivity index (χ1) is 6.29. The summed E-state index contributed by atoms with van der Waals surface area (Å²) in [6.45, 7) is 2.06. The van der Waals surface area contributed by atoms with Crippen LogP contribution < -0.4 is 0 Å². The van der Waals surface area contributed by atoms with Gasteiger partial charge in [0.25, 0.3) is 0 Å². The Morgan fingerprint density at radius 3 is 2.85 bits per heavy atom. The average molecular weight is 192 g/mol. The molecule has 2 heteroatoms. The van der Waals surface area contributed by atoms with E-state index in [1.165, 1.54) is 11.6 Å². The van der Waals surface area contributed by atoms with Crippen LogP contribution in [-0.4, -0.2) is 0 Å². The van der Waals surface area contributed by atoms with E-state index in [-0.39, 0.29) is 0 Å². The van der Waals surface area contributed by atoms with Gasteiger partial charge in [-0.15, -0.1) is 0 Å². The van der Waals surface area contributed by atoms with Crippen molar-refractivity contribution in [2.45, 2.75) is 13.3 Å². The molecular weight excluding hydrogens is 182 g/mol. The molecule has 0 atom stereocenters. The summed E-state index contributed by atoms with van der Waals surface area (Å²) in [4.78, 5) is 0. The van der Waals surface area contributed by atoms with E-state index >= 15 is 0 Å². The average Bonchev–Trinajstić information content (AvgIpc) is 2.18. The Bertz CT molecular complexity index is 361. The fourth-order valence-corrected chi connectivity index (χ4v) is 1.43. The zero-order valence-electron chi connectivity index (χ0n) is 7.42. The Hall–Kier alpha value is -1.26. The van der Waals surface area contributed by atoms with Crippen molar-refractivity contribution >= 4 is 16.6 Å². The summed E-state index contributed by atoms with van der Waals surface area (Å²) >= 11 is 5.93. The van der Waals surface area contributed by atoms with Crippen LogP contribution in [0, 0.1) is 11.3 Å². The van der Waals surface area contributed by atoms with Gasteiger partial charge in [-0.3, -0.25) is 0 Å². The molecule has 1 aromatic rings. The van der Waals surface area contributed by atoms with E-state index in [4.69, 9.17) is 16.9 Å².